The minimum Gasteiger partial charge on any atom is -0.497 e. The van der Waals surface area contributed by atoms with Gasteiger partial charge in [-0.2, -0.15) is 0 Å². The van der Waals surface area contributed by atoms with Crippen LogP contribution in [0.4, 0.5) is 17.6 Å². The van der Waals surface area contributed by atoms with Gasteiger partial charge in [0.2, 0.25) is 0 Å². The van der Waals surface area contributed by atoms with Crippen LogP contribution in [0, 0.1) is 23.3 Å². The molecule has 0 saturated carbocycles. The standard InChI is InChI=1S/C21H18F2N2O3S.C18H13BrF2N2O3S/c1-3-4-16-20(12-5-7-13(27-2)8-6-12)25-17(29-16)11-28-15-10-9-14(22)18(19(15)23)21(24)26;1-25-10-4-2-9(3-5-10)16-17(19)27-13(23-16)8-26-12-7-6-11(20)14(15(12)21)18(22)24/h3,5-10H,1,4,11H2,2H3,(H2,24,26);2-7H,8H2,1H3,(H2,22,24). The van der Waals surface area contributed by atoms with Gasteiger partial charge in [0.1, 0.15) is 57.5 Å². The maximum atomic E-state index is 14.3. The fourth-order valence-corrected chi connectivity index (χ4v) is 7.66. The van der Waals surface area contributed by atoms with Crippen molar-refractivity contribution < 1.29 is 46.1 Å². The zero-order valence-electron chi connectivity index (χ0n) is 29.5. The molecule has 0 atom stereocenters. The molecule has 4 N–H and O–H groups in total. The van der Waals surface area contributed by atoms with Gasteiger partial charge in [-0.3, -0.25) is 9.59 Å². The van der Waals surface area contributed by atoms with Crippen LogP contribution in [0.3, 0.4) is 0 Å². The largest absolute Gasteiger partial charge is 0.497 e. The van der Waals surface area contributed by atoms with E-state index >= 15 is 0 Å². The van der Waals surface area contributed by atoms with Crippen LogP contribution in [0.25, 0.3) is 22.5 Å². The summed E-state index contributed by atoms with van der Waals surface area (Å²) < 4.78 is 77.5. The summed E-state index contributed by atoms with van der Waals surface area (Å²) in [4.78, 5) is 32.5. The molecule has 6 aromatic rings. The molecule has 2 amide bonds. The Kier molecular flexibility index (Phi) is 13.8. The van der Waals surface area contributed by atoms with E-state index in [-0.39, 0.29) is 24.7 Å². The number of carbonyl (C=O) groups is 2. The molecule has 17 heteroatoms. The Morgan fingerprint density at radius 2 is 1.12 bits per heavy atom. The predicted octanol–water partition coefficient (Wildman–Crippen LogP) is 9.04. The smallest absolute Gasteiger partial charge is 0.254 e. The molecule has 0 spiro atoms. The average Bonchev–Trinajstić information content (AvgIpc) is 3.76. The van der Waals surface area contributed by atoms with Crippen LogP contribution in [-0.4, -0.2) is 36.0 Å². The van der Waals surface area contributed by atoms with Gasteiger partial charge in [0.25, 0.3) is 11.8 Å². The van der Waals surface area contributed by atoms with Gasteiger partial charge < -0.3 is 30.4 Å². The lowest BCUT2D eigenvalue weighted by Crippen LogP contribution is -2.16. The van der Waals surface area contributed by atoms with E-state index in [2.05, 4.69) is 32.5 Å². The molecule has 56 heavy (non-hydrogen) atoms. The summed E-state index contributed by atoms with van der Waals surface area (Å²) in [6, 6.07) is 18.9. The molecule has 0 aliphatic heterocycles. The van der Waals surface area contributed by atoms with E-state index in [0.717, 1.165) is 61.2 Å². The van der Waals surface area contributed by atoms with E-state index in [1.165, 1.54) is 22.7 Å². The summed E-state index contributed by atoms with van der Waals surface area (Å²) >= 11 is 6.17. The first-order valence-electron chi connectivity index (χ1n) is 16.2. The molecule has 0 bridgehead atoms. The number of primary amides is 2. The van der Waals surface area contributed by atoms with Crippen molar-refractivity contribution in [3.8, 4) is 45.5 Å². The second kappa shape index (κ2) is 18.7. The van der Waals surface area contributed by atoms with Crippen LogP contribution in [-0.2, 0) is 19.6 Å². The van der Waals surface area contributed by atoms with Crippen LogP contribution in [0.5, 0.6) is 23.0 Å². The van der Waals surface area contributed by atoms with Crippen molar-refractivity contribution in [2.75, 3.05) is 14.2 Å². The second-order valence-corrected chi connectivity index (χ2v) is 14.9. The number of ether oxygens (including phenoxy) is 4. The Labute approximate surface area is 334 Å². The van der Waals surface area contributed by atoms with Crippen molar-refractivity contribution in [1.29, 1.82) is 0 Å². The number of carbonyl (C=O) groups excluding carboxylic acids is 2. The molecule has 0 fully saturated rings. The van der Waals surface area contributed by atoms with Gasteiger partial charge in [-0.1, -0.05) is 6.08 Å². The lowest BCUT2D eigenvalue weighted by Gasteiger charge is -2.08. The van der Waals surface area contributed by atoms with Gasteiger partial charge in [-0.15, -0.1) is 29.3 Å². The SMILES string of the molecule is C=CCc1sc(COc2ccc(F)c(C(N)=O)c2F)nc1-c1ccc(OC)cc1.COc1ccc(-c2nc(COc3ccc(F)c(C(N)=O)c3F)sc2Br)cc1. The third kappa shape index (κ3) is 9.71. The number of nitrogens with two attached hydrogens (primary N) is 2. The number of benzene rings is 4. The van der Waals surface area contributed by atoms with E-state index in [4.69, 9.17) is 30.4 Å². The van der Waals surface area contributed by atoms with Gasteiger partial charge in [-0.25, -0.2) is 27.5 Å². The van der Waals surface area contributed by atoms with Crippen LogP contribution in [0.15, 0.2) is 89.2 Å². The number of methoxy groups -OCH3 is 2. The van der Waals surface area contributed by atoms with Crippen molar-refractivity contribution in [2.45, 2.75) is 19.6 Å². The predicted molar refractivity (Wildman–Crippen MR) is 208 cm³/mol. The number of aromatic nitrogens is 2. The van der Waals surface area contributed by atoms with Crippen LogP contribution >= 0.6 is 38.6 Å². The van der Waals surface area contributed by atoms with E-state index in [1.807, 2.05) is 48.5 Å². The van der Waals surface area contributed by atoms with Crippen molar-refractivity contribution in [3.63, 3.8) is 0 Å². The Hall–Kier alpha value is -5.78. The van der Waals surface area contributed by atoms with E-state index in [1.54, 1.807) is 20.3 Å². The number of halogens is 5. The van der Waals surface area contributed by atoms with Crippen molar-refractivity contribution >= 4 is 50.4 Å². The van der Waals surface area contributed by atoms with Crippen LogP contribution < -0.4 is 30.4 Å². The van der Waals surface area contributed by atoms with E-state index in [9.17, 15) is 27.2 Å². The molecule has 0 unspecified atom stereocenters. The number of amides is 2. The average molecular weight is 872 g/mol. The third-order valence-electron chi connectivity index (χ3n) is 7.73. The zero-order chi connectivity index (χ0) is 40.5. The summed E-state index contributed by atoms with van der Waals surface area (Å²) in [6.45, 7) is 3.66. The van der Waals surface area contributed by atoms with Gasteiger partial charge in [0, 0.05) is 22.4 Å². The molecular weight excluding hydrogens is 840 g/mol. The Morgan fingerprint density at radius 1 is 0.696 bits per heavy atom. The summed E-state index contributed by atoms with van der Waals surface area (Å²) in [5.41, 5.74) is 11.6. The summed E-state index contributed by atoms with van der Waals surface area (Å²) in [5.74, 6) is -5.82. The molecule has 10 nitrogen and oxygen atoms in total. The second-order valence-electron chi connectivity index (χ2n) is 11.3. The lowest BCUT2D eigenvalue weighted by molar-refractivity contribution is 0.0982. The van der Waals surface area contributed by atoms with Crippen molar-refractivity contribution in [3.05, 3.63) is 139 Å². The third-order valence-corrected chi connectivity index (χ3v) is 10.5. The summed E-state index contributed by atoms with van der Waals surface area (Å²) in [7, 11) is 3.18. The van der Waals surface area contributed by atoms with E-state index < -0.39 is 46.2 Å². The van der Waals surface area contributed by atoms with Crippen LogP contribution in [0.1, 0.15) is 35.6 Å². The molecule has 2 aromatic heterocycles. The maximum absolute atomic E-state index is 14.3. The lowest BCUT2D eigenvalue weighted by atomic mass is 10.1. The fraction of sp³-hybridized carbons (Fsp3) is 0.128. The van der Waals surface area contributed by atoms with Crippen LogP contribution in [0.2, 0.25) is 0 Å². The maximum Gasteiger partial charge on any atom is 0.254 e. The molecule has 2 heterocycles. The number of thiazole rings is 2. The number of nitrogens with zero attached hydrogens (tertiary/aromatic N) is 2. The highest BCUT2D eigenvalue weighted by Crippen LogP contribution is 2.35. The number of hydrogen-bond donors (Lipinski definition) is 2. The van der Waals surface area contributed by atoms with Gasteiger partial charge in [0.05, 0.1) is 29.4 Å². The molecule has 4 aromatic carbocycles. The number of hydrogen-bond acceptors (Lipinski definition) is 10. The molecule has 6 rings (SSSR count). The minimum atomic E-state index is -1.20. The first-order valence-corrected chi connectivity index (χ1v) is 18.6. The van der Waals surface area contributed by atoms with E-state index in [0.29, 0.717) is 22.1 Å². The fourth-order valence-electron chi connectivity index (χ4n) is 5.06. The van der Waals surface area contributed by atoms with Gasteiger partial charge >= 0.3 is 0 Å². The monoisotopic (exact) mass is 870 g/mol. The topological polar surface area (TPSA) is 149 Å². The first kappa shape index (κ1) is 41.4. The normalized spacial score (nSPS) is 10.6. The zero-order valence-corrected chi connectivity index (χ0v) is 32.8. The molecule has 0 radical (unpaired) electrons. The van der Waals surface area contributed by atoms with Gasteiger partial charge in [-0.05, 0) is 88.7 Å². The highest BCUT2D eigenvalue weighted by Gasteiger charge is 2.22. The van der Waals surface area contributed by atoms with Crippen molar-refractivity contribution in [1.82, 2.24) is 9.97 Å². The highest BCUT2D eigenvalue weighted by atomic mass is 79.9. The highest BCUT2D eigenvalue weighted by molar-refractivity contribution is 9.11. The van der Waals surface area contributed by atoms with Gasteiger partial charge in [0.15, 0.2) is 23.1 Å². The molecule has 0 aliphatic carbocycles. The first-order chi connectivity index (χ1) is 26.8. The molecule has 290 valence electrons. The molecule has 0 saturated heterocycles. The molecule has 0 aliphatic rings. The quantitative estimate of drug-likeness (QED) is 0.0814. The van der Waals surface area contributed by atoms with Crippen molar-refractivity contribution in [2.24, 2.45) is 11.5 Å². The minimum absolute atomic E-state index is 0.0499. The summed E-state index contributed by atoms with van der Waals surface area (Å²) in [6.07, 6.45) is 2.37. The Balaban J connectivity index is 0.000000215. The Bertz CT molecular complexity index is 2370. The Morgan fingerprint density at radius 3 is 1.55 bits per heavy atom. The number of allylic oxidation sites excluding steroid dienone is 1. The number of rotatable bonds is 14. The molecular formula is C39H31BrF4N4O6S2. The summed E-state index contributed by atoms with van der Waals surface area (Å²) in [5, 5.41) is 1.16.